The van der Waals surface area contributed by atoms with Gasteiger partial charge in [-0.1, -0.05) is 0 Å². The van der Waals surface area contributed by atoms with E-state index in [-0.39, 0.29) is 0 Å². The highest BCUT2D eigenvalue weighted by Crippen LogP contribution is 1.93. The van der Waals surface area contributed by atoms with E-state index in [1.54, 1.807) is 0 Å². The summed E-state index contributed by atoms with van der Waals surface area (Å²) < 4.78 is 5.16. The molecule has 0 saturated carbocycles. The van der Waals surface area contributed by atoms with Gasteiger partial charge in [-0.2, -0.15) is 0 Å². The van der Waals surface area contributed by atoms with Crippen LogP contribution in [0, 0.1) is 6.54 Å². The van der Waals surface area contributed by atoms with E-state index in [0.29, 0.717) is 6.10 Å². The molecule has 1 atom stereocenters. The van der Waals surface area contributed by atoms with E-state index in [1.165, 1.54) is 0 Å². The van der Waals surface area contributed by atoms with Crippen LogP contribution >= 0.6 is 0 Å². The Morgan fingerprint density at radius 3 is 3.00 bits per heavy atom. The summed E-state index contributed by atoms with van der Waals surface area (Å²) in [5, 5.41) is 3.08. The summed E-state index contributed by atoms with van der Waals surface area (Å²) in [6.45, 7) is 5.70. The average Bonchev–Trinajstić information content (AvgIpc) is 1.69. The fourth-order valence-electron chi connectivity index (χ4n) is 0.580. The van der Waals surface area contributed by atoms with Gasteiger partial charge in [-0.3, -0.25) is 0 Å². The Kier molecular flexibility index (Phi) is 1.65. The van der Waals surface area contributed by atoms with Crippen LogP contribution in [0.25, 0.3) is 0 Å². The Balaban J connectivity index is 2.12. The molecule has 0 aromatic carbocycles. The van der Waals surface area contributed by atoms with E-state index in [2.05, 4.69) is 12.2 Å². The van der Waals surface area contributed by atoms with Crippen LogP contribution in [-0.2, 0) is 4.74 Å². The fraction of sp³-hybridized carbons (Fsp3) is 0.800. The van der Waals surface area contributed by atoms with Crippen LogP contribution in [0.5, 0.6) is 0 Å². The lowest BCUT2D eigenvalue weighted by Gasteiger charge is -2.18. The van der Waals surface area contributed by atoms with Crippen molar-refractivity contribution >= 4 is 0 Å². The Morgan fingerprint density at radius 1 is 1.86 bits per heavy atom. The average molecular weight is 100 g/mol. The van der Waals surface area contributed by atoms with Gasteiger partial charge >= 0.3 is 0 Å². The largest absolute Gasteiger partial charge is 0.376 e. The third kappa shape index (κ3) is 1.45. The summed E-state index contributed by atoms with van der Waals surface area (Å²) in [7, 11) is 0. The Hall–Kier alpha value is -0.0800. The Morgan fingerprint density at radius 2 is 2.71 bits per heavy atom. The summed E-state index contributed by atoms with van der Waals surface area (Å²) in [4.78, 5) is 0. The monoisotopic (exact) mass is 100 g/mol. The van der Waals surface area contributed by atoms with Crippen molar-refractivity contribution in [1.82, 2.24) is 5.32 Å². The van der Waals surface area contributed by atoms with Crippen LogP contribution in [0.4, 0.5) is 0 Å². The molecule has 0 aromatic heterocycles. The van der Waals surface area contributed by atoms with E-state index < -0.39 is 0 Å². The van der Waals surface area contributed by atoms with E-state index in [1.807, 2.05) is 6.54 Å². The molecular formula is C5H10NO. The van der Waals surface area contributed by atoms with Crippen molar-refractivity contribution in [3.63, 3.8) is 0 Å². The quantitative estimate of drug-likeness (QED) is 0.468. The molecule has 0 bridgehead atoms. The van der Waals surface area contributed by atoms with Crippen molar-refractivity contribution in [2.75, 3.05) is 13.2 Å². The van der Waals surface area contributed by atoms with Crippen LogP contribution in [0.2, 0.25) is 0 Å². The molecule has 1 N–H and O–H groups in total. The second-order valence-corrected chi connectivity index (χ2v) is 1.76. The lowest BCUT2D eigenvalue weighted by atomic mass is 10.3. The van der Waals surface area contributed by atoms with Crippen LogP contribution in [-0.4, -0.2) is 19.3 Å². The molecule has 1 radical (unpaired) electrons. The highest BCUT2D eigenvalue weighted by atomic mass is 16.5. The summed E-state index contributed by atoms with van der Waals surface area (Å²) in [6, 6.07) is 0. The standard InChI is InChI=1S/C5H10NO/c1-5-4-6-2-3-7-5/h2,5-6H,3-4H2,1H3. The zero-order valence-electron chi connectivity index (χ0n) is 4.48. The number of hydrogen-bond acceptors (Lipinski definition) is 2. The molecule has 0 amide bonds. The SMILES string of the molecule is CC1CN[CH]CO1. The van der Waals surface area contributed by atoms with Crippen LogP contribution in [0.15, 0.2) is 0 Å². The Labute approximate surface area is 43.9 Å². The first kappa shape index (κ1) is 5.06. The normalized spacial score (nSPS) is 33.0. The zero-order chi connectivity index (χ0) is 5.11. The number of hydrogen-bond donors (Lipinski definition) is 1. The summed E-state index contributed by atoms with van der Waals surface area (Å²) >= 11 is 0. The molecule has 1 saturated heterocycles. The second kappa shape index (κ2) is 2.28. The number of ether oxygens (including phenoxy) is 1. The molecule has 0 aromatic rings. The molecular weight excluding hydrogens is 90.1 g/mol. The van der Waals surface area contributed by atoms with Gasteiger partial charge in [0.05, 0.1) is 12.7 Å². The molecule has 1 unspecified atom stereocenters. The van der Waals surface area contributed by atoms with Gasteiger partial charge in [0.2, 0.25) is 0 Å². The first-order valence-corrected chi connectivity index (χ1v) is 2.56. The van der Waals surface area contributed by atoms with Gasteiger partial charge in [0, 0.05) is 13.1 Å². The van der Waals surface area contributed by atoms with E-state index >= 15 is 0 Å². The molecule has 1 rings (SSSR count). The molecule has 1 fully saturated rings. The maximum absolute atomic E-state index is 5.16. The second-order valence-electron chi connectivity index (χ2n) is 1.76. The van der Waals surface area contributed by atoms with Crippen molar-refractivity contribution in [2.45, 2.75) is 13.0 Å². The van der Waals surface area contributed by atoms with Gasteiger partial charge in [0.1, 0.15) is 0 Å². The minimum absolute atomic E-state index is 0.394. The van der Waals surface area contributed by atoms with Crippen molar-refractivity contribution in [3.8, 4) is 0 Å². The molecule has 2 nitrogen and oxygen atoms in total. The number of rotatable bonds is 0. The van der Waals surface area contributed by atoms with Crippen molar-refractivity contribution in [2.24, 2.45) is 0 Å². The minimum Gasteiger partial charge on any atom is -0.376 e. The van der Waals surface area contributed by atoms with E-state index in [9.17, 15) is 0 Å². The molecule has 41 valence electrons. The third-order valence-electron chi connectivity index (χ3n) is 1.01. The zero-order valence-corrected chi connectivity index (χ0v) is 4.48. The van der Waals surface area contributed by atoms with Gasteiger partial charge in [-0.15, -0.1) is 0 Å². The van der Waals surface area contributed by atoms with Gasteiger partial charge in [-0.25, -0.2) is 0 Å². The highest BCUT2D eigenvalue weighted by molar-refractivity contribution is 4.69. The lowest BCUT2D eigenvalue weighted by Crippen LogP contribution is -2.32. The van der Waals surface area contributed by atoms with Gasteiger partial charge < -0.3 is 10.1 Å². The minimum atomic E-state index is 0.394. The maximum Gasteiger partial charge on any atom is 0.0672 e. The van der Waals surface area contributed by atoms with Crippen LogP contribution in [0.3, 0.4) is 0 Å². The van der Waals surface area contributed by atoms with Gasteiger partial charge in [-0.05, 0) is 6.92 Å². The highest BCUT2D eigenvalue weighted by Gasteiger charge is 2.05. The summed E-state index contributed by atoms with van der Waals surface area (Å²) in [5.41, 5.74) is 0. The van der Waals surface area contributed by atoms with Crippen molar-refractivity contribution in [1.29, 1.82) is 0 Å². The summed E-state index contributed by atoms with van der Waals surface area (Å²) in [6.07, 6.45) is 0.394. The Bertz CT molecular complexity index is 50.0. The van der Waals surface area contributed by atoms with E-state index in [0.717, 1.165) is 13.2 Å². The van der Waals surface area contributed by atoms with Gasteiger partial charge in [0.25, 0.3) is 0 Å². The first-order valence-electron chi connectivity index (χ1n) is 2.56. The molecule has 0 spiro atoms. The predicted octanol–water partition coefficient (Wildman–Crippen LogP) is 0.156. The molecule has 1 aliphatic heterocycles. The molecule has 1 aliphatic rings. The predicted molar refractivity (Wildman–Crippen MR) is 27.7 cm³/mol. The van der Waals surface area contributed by atoms with Crippen molar-refractivity contribution < 1.29 is 4.74 Å². The van der Waals surface area contributed by atoms with E-state index in [4.69, 9.17) is 4.74 Å². The smallest absolute Gasteiger partial charge is 0.0672 e. The number of nitrogens with one attached hydrogen (secondary N) is 1. The fourth-order valence-corrected chi connectivity index (χ4v) is 0.580. The first-order chi connectivity index (χ1) is 3.39. The molecule has 0 aliphatic carbocycles. The molecule has 1 heterocycles. The molecule has 7 heavy (non-hydrogen) atoms. The number of morpholine rings is 1. The van der Waals surface area contributed by atoms with Crippen molar-refractivity contribution in [3.05, 3.63) is 6.54 Å². The third-order valence-corrected chi connectivity index (χ3v) is 1.01. The van der Waals surface area contributed by atoms with Crippen LogP contribution in [0.1, 0.15) is 6.92 Å². The van der Waals surface area contributed by atoms with Crippen LogP contribution < -0.4 is 5.32 Å². The maximum atomic E-state index is 5.16. The molecule has 2 heteroatoms. The lowest BCUT2D eigenvalue weighted by molar-refractivity contribution is 0.0572. The van der Waals surface area contributed by atoms with Gasteiger partial charge in [0.15, 0.2) is 0 Å². The summed E-state index contributed by atoms with van der Waals surface area (Å²) in [5.74, 6) is 0. The topological polar surface area (TPSA) is 21.3 Å².